The fourth-order valence-corrected chi connectivity index (χ4v) is 2.47. The van der Waals surface area contributed by atoms with Gasteiger partial charge in [-0.25, -0.2) is 9.59 Å². The minimum atomic E-state index is -1.08. The third-order valence-electron chi connectivity index (χ3n) is 3.87. The van der Waals surface area contributed by atoms with E-state index < -0.39 is 11.9 Å². The summed E-state index contributed by atoms with van der Waals surface area (Å²) in [5.41, 5.74) is 0.0744. The van der Waals surface area contributed by atoms with Gasteiger partial charge in [-0.05, 0) is 12.1 Å². The lowest BCUT2D eigenvalue weighted by atomic mass is 10.1. The molecule has 10 nitrogen and oxygen atoms in total. The maximum Gasteiger partial charge on any atom is 0.339 e. The lowest BCUT2D eigenvalue weighted by molar-refractivity contribution is 0.0681. The molecule has 2 N–H and O–H groups in total. The molecule has 0 heterocycles. The predicted octanol–water partition coefficient (Wildman–Crippen LogP) is 2.82. The molecule has 164 valence electrons. The molecule has 10 heteroatoms. The number of rotatable bonds is 8. The van der Waals surface area contributed by atoms with Crippen LogP contribution in [0.1, 0.15) is 20.7 Å². The van der Waals surface area contributed by atoms with E-state index in [9.17, 15) is 9.59 Å². The first-order chi connectivity index (χ1) is 14.3. The zero-order valence-corrected chi connectivity index (χ0v) is 17.5. The summed E-state index contributed by atoms with van der Waals surface area (Å²) in [7, 11) is 8.58. The van der Waals surface area contributed by atoms with Crippen LogP contribution in [0.15, 0.2) is 24.3 Å². The number of carbonyl (C=O) groups is 2. The number of carboxylic acids is 2. The van der Waals surface area contributed by atoms with Gasteiger partial charge in [-0.1, -0.05) is 0 Å². The van der Waals surface area contributed by atoms with Gasteiger partial charge in [0.2, 0.25) is 5.75 Å². The highest BCUT2D eigenvalue weighted by Gasteiger charge is 2.19. The van der Waals surface area contributed by atoms with Crippen molar-refractivity contribution >= 4 is 11.9 Å². The van der Waals surface area contributed by atoms with Crippen molar-refractivity contribution < 1.29 is 48.2 Å². The van der Waals surface area contributed by atoms with E-state index in [1.807, 2.05) is 0 Å². The minimum absolute atomic E-state index is 0.0372. The Morgan fingerprint density at radius 2 is 1.03 bits per heavy atom. The van der Waals surface area contributed by atoms with Gasteiger partial charge in [0.25, 0.3) is 0 Å². The van der Waals surface area contributed by atoms with Crippen molar-refractivity contribution in [2.75, 3.05) is 42.7 Å². The first-order valence-electron chi connectivity index (χ1n) is 8.35. The SMILES string of the molecule is COc1cc(OC)c(C(=O)O)cc1OC.COc1ccc(C(=O)O)c(OC)c1OC. The van der Waals surface area contributed by atoms with Gasteiger partial charge in [-0.3, -0.25) is 0 Å². The van der Waals surface area contributed by atoms with Crippen LogP contribution in [-0.4, -0.2) is 64.8 Å². The average molecular weight is 424 g/mol. The summed E-state index contributed by atoms with van der Waals surface area (Å²) in [6, 6.07) is 5.76. The number of carboxylic acid groups (broad SMARTS) is 2. The summed E-state index contributed by atoms with van der Waals surface area (Å²) in [5, 5.41) is 17.8. The number of aromatic carboxylic acids is 2. The van der Waals surface area contributed by atoms with Crippen LogP contribution in [0.25, 0.3) is 0 Å². The van der Waals surface area contributed by atoms with Crippen LogP contribution >= 0.6 is 0 Å². The van der Waals surface area contributed by atoms with Gasteiger partial charge in [0.05, 0.1) is 42.7 Å². The largest absolute Gasteiger partial charge is 0.496 e. The van der Waals surface area contributed by atoms with Crippen LogP contribution in [0.4, 0.5) is 0 Å². The Labute approximate surface area is 173 Å². The zero-order valence-electron chi connectivity index (χ0n) is 17.5. The highest BCUT2D eigenvalue weighted by molar-refractivity contribution is 5.93. The number of ether oxygens (including phenoxy) is 6. The topological polar surface area (TPSA) is 130 Å². The molecular formula is C20H24O10. The zero-order chi connectivity index (χ0) is 22.8. The van der Waals surface area contributed by atoms with Crippen molar-refractivity contribution in [1.82, 2.24) is 0 Å². The van der Waals surface area contributed by atoms with E-state index in [1.165, 1.54) is 66.9 Å². The van der Waals surface area contributed by atoms with Crippen LogP contribution < -0.4 is 28.4 Å². The second-order valence-electron chi connectivity index (χ2n) is 5.40. The highest BCUT2D eigenvalue weighted by Crippen LogP contribution is 2.39. The van der Waals surface area contributed by atoms with Gasteiger partial charge < -0.3 is 38.6 Å². The Morgan fingerprint density at radius 3 is 1.43 bits per heavy atom. The molecule has 0 aliphatic heterocycles. The minimum Gasteiger partial charge on any atom is -0.496 e. The summed E-state index contributed by atoms with van der Waals surface area (Å²) < 4.78 is 30.0. The van der Waals surface area contributed by atoms with Gasteiger partial charge in [0, 0.05) is 12.1 Å². The van der Waals surface area contributed by atoms with E-state index >= 15 is 0 Å². The third kappa shape index (κ3) is 5.37. The number of benzene rings is 2. The van der Waals surface area contributed by atoms with Gasteiger partial charge in [0.15, 0.2) is 23.0 Å². The second-order valence-corrected chi connectivity index (χ2v) is 5.40. The number of hydrogen-bond donors (Lipinski definition) is 2. The van der Waals surface area contributed by atoms with Gasteiger partial charge >= 0.3 is 11.9 Å². The van der Waals surface area contributed by atoms with Crippen LogP contribution in [-0.2, 0) is 0 Å². The summed E-state index contributed by atoms with van der Waals surface area (Å²) in [6.45, 7) is 0. The van der Waals surface area contributed by atoms with E-state index in [-0.39, 0.29) is 28.4 Å². The van der Waals surface area contributed by atoms with Crippen molar-refractivity contribution in [1.29, 1.82) is 0 Å². The smallest absolute Gasteiger partial charge is 0.339 e. The van der Waals surface area contributed by atoms with E-state index in [1.54, 1.807) is 0 Å². The monoisotopic (exact) mass is 424 g/mol. The molecular weight excluding hydrogens is 400 g/mol. The molecule has 0 spiro atoms. The predicted molar refractivity (Wildman–Crippen MR) is 106 cm³/mol. The summed E-state index contributed by atoms with van der Waals surface area (Å²) in [5.74, 6) is -0.264. The maximum atomic E-state index is 10.9. The standard InChI is InChI=1S/2C10H12O5/c1-13-7-5-9(15-3)8(14-2)4-6(7)10(11)12;1-13-7-5-4-6(10(11)12)8(14-2)9(7)15-3/h2*4-5H,1-3H3,(H,11,12). The summed E-state index contributed by atoms with van der Waals surface area (Å²) in [4.78, 5) is 21.7. The van der Waals surface area contributed by atoms with Crippen LogP contribution in [0, 0.1) is 0 Å². The third-order valence-corrected chi connectivity index (χ3v) is 3.87. The fourth-order valence-electron chi connectivity index (χ4n) is 2.47. The molecule has 30 heavy (non-hydrogen) atoms. The van der Waals surface area contributed by atoms with Crippen LogP contribution in [0.5, 0.6) is 34.5 Å². The Kier molecular flexibility index (Phi) is 9.08. The van der Waals surface area contributed by atoms with Crippen molar-refractivity contribution in [2.45, 2.75) is 0 Å². The van der Waals surface area contributed by atoms with Crippen molar-refractivity contribution in [3.63, 3.8) is 0 Å². The van der Waals surface area contributed by atoms with Gasteiger partial charge in [-0.15, -0.1) is 0 Å². The molecule has 2 rings (SSSR count). The molecule has 0 aliphatic rings. The van der Waals surface area contributed by atoms with Crippen molar-refractivity contribution in [3.05, 3.63) is 35.4 Å². The Morgan fingerprint density at radius 1 is 0.567 bits per heavy atom. The van der Waals surface area contributed by atoms with E-state index in [4.69, 9.17) is 38.6 Å². The molecule has 0 aliphatic carbocycles. The quantitative estimate of drug-likeness (QED) is 0.652. The first kappa shape index (κ1) is 24.2. The molecule has 0 fully saturated rings. The molecule has 0 aromatic heterocycles. The van der Waals surface area contributed by atoms with E-state index in [0.717, 1.165) is 0 Å². The molecule has 0 unspecified atom stereocenters. The fraction of sp³-hybridized carbons (Fsp3) is 0.300. The molecule has 0 atom stereocenters. The van der Waals surface area contributed by atoms with Crippen LogP contribution in [0.2, 0.25) is 0 Å². The average Bonchev–Trinajstić information content (AvgIpc) is 2.76. The number of methoxy groups -OCH3 is 6. The van der Waals surface area contributed by atoms with Crippen molar-refractivity contribution in [2.24, 2.45) is 0 Å². The lowest BCUT2D eigenvalue weighted by Gasteiger charge is -2.13. The number of hydrogen-bond acceptors (Lipinski definition) is 8. The molecule has 0 saturated carbocycles. The van der Waals surface area contributed by atoms with Gasteiger partial charge in [-0.2, -0.15) is 0 Å². The van der Waals surface area contributed by atoms with Crippen molar-refractivity contribution in [3.8, 4) is 34.5 Å². The lowest BCUT2D eigenvalue weighted by Crippen LogP contribution is -2.03. The summed E-state index contributed by atoms with van der Waals surface area (Å²) >= 11 is 0. The molecule has 0 saturated heterocycles. The Balaban J connectivity index is 0.000000300. The molecule has 0 amide bonds. The highest BCUT2D eigenvalue weighted by atomic mass is 16.5. The Hall–Kier alpha value is -3.82. The molecule has 2 aromatic rings. The van der Waals surface area contributed by atoms with E-state index in [2.05, 4.69) is 0 Å². The van der Waals surface area contributed by atoms with Crippen LogP contribution in [0.3, 0.4) is 0 Å². The van der Waals surface area contributed by atoms with Gasteiger partial charge in [0.1, 0.15) is 16.9 Å². The van der Waals surface area contributed by atoms with E-state index in [0.29, 0.717) is 17.2 Å². The molecule has 0 bridgehead atoms. The summed E-state index contributed by atoms with van der Waals surface area (Å²) in [6.07, 6.45) is 0. The Bertz CT molecular complexity index is 878. The molecule has 0 radical (unpaired) electrons. The second kappa shape index (κ2) is 11.2. The first-order valence-corrected chi connectivity index (χ1v) is 8.35. The maximum absolute atomic E-state index is 10.9. The molecule has 2 aromatic carbocycles. The normalized spacial score (nSPS) is 9.53.